The molecular formula is C22H24FN3O2S. The number of carbonyl (C=O) groups excluding carboxylic acids is 2. The van der Waals surface area contributed by atoms with E-state index in [2.05, 4.69) is 5.32 Å². The molecule has 2 aliphatic rings. The van der Waals surface area contributed by atoms with Gasteiger partial charge in [0.2, 0.25) is 0 Å². The van der Waals surface area contributed by atoms with Crippen LogP contribution in [0.2, 0.25) is 0 Å². The summed E-state index contributed by atoms with van der Waals surface area (Å²) in [7, 11) is 0. The molecule has 2 aromatic rings. The molecule has 0 aliphatic carbocycles. The van der Waals surface area contributed by atoms with Crippen molar-refractivity contribution >= 4 is 29.4 Å². The molecule has 5 nitrogen and oxygen atoms in total. The first kappa shape index (κ1) is 19.8. The van der Waals surface area contributed by atoms with E-state index in [0.717, 1.165) is 17.0 Å². The average molecular weight is 414 g/mol. The lowest BCUT2D eigenvalue weighted by Gasteiger charge is -2.44. The quantitative estimate of drug-likeness (QED) is 0.797. The van der Waals surface area contributed by atoms with E-state index in [9.17, 15) is 14.0 Å². The number of hydrogen-bond acceptors (Lipinski definition) is 3. The molecule has 152 valence electrons. The number of amides is 3. The first-order valence-corrected chi connectivity index (χ1v) is 10.8. The standard InChI is InChI=1S/C22H24FN3O2S/c1-16-5-7-19(8-6-16)24-21(28)25-11-9-22(10-12-25)26(13-14-29-22)20(27)17-3-2-4-18(23)15-17/h2-8,15H,9-14H2,1H3,(H,24,28). The smallest absolute Gasteiger partial charge is 0.321 e. The summed E-state index contributed by atoms with van der Waals surface area (Å²) in [5.74, 6) is 0.322. The lowest BCUT2D eigenvalue weighted by Crippen LogP contribution is -2.54. The van der Waals surface area contributed by atoms with Gasteiger partial charge in [0.15, 0.2) is 0 Å². The van der Waals surface area contributed by atoms with Crippen LogP contribution in [-0.4, -0.2) is 52.0 Å². The van der Waals surface area contributed by atoms with Gasteiger partial charge in [-0.3, -0.25) is 4.79 Å². The lowest BCUT2D eigenvalue weighted by molar-refractivity contribution is 0.0585. The van der Waals surface area contributed by atoms with Gasteiger partial charge in [-0.2, -0.15) is 0 Å². The van der Waals surface area contributed by atoms with Gasteiger partial charge in [0.1, 0.15) is 5.82 Å². The number of nitrogens with zero attached hydrogens (tertiary/aromatic N) is 2. The first-order valence-electron chi connectivity index (χ1n) is 9.81. The number of rotatable bonds is 2. The Morgan fingerprint density at radius 2 is 1.79 bits per heavy atom. The van der Waals surface area contributed by atoms with Gasteiger partial charge >= 0.3 is 6.03 Å². The third kappa shape index (κ3) is 4.10. The lowest BCUT2D eigenvalue weighted by atomic mass is 10.0. The van der Waals surface area contributed by atoms with Gasteiger partial charge in [-0.15, -0.1) is 11.8 Å². The van der Waals surface area contributed by atoms with Crippen molar-refractivity contribution in [2.45, 2.75) is 24.6 Å². The topological polar surface area (TPSA) is 52.7 Å². The van der Waals surface area contributed by atoms with Crippen molar-refractivity contribution in [2.24, 2.45) is 0 Å². The number of carbonyl (C=O) groups is 2. The number of piperidine rings is 1. The largest absolute Gasteiger partial charge is 0.324 e. The van der Waals surface area contributed by atoms with Crippen LogP contribution in [0.3, 0.4) is 0 Å². The Bertz CT molecular complexity index is 911. The van der Waals surface area contributed by atoms with E-state index < -0.39 is 5.82 Å². The van der Waals surface area contributed by atoms with Crippen LogP contribution in [0, 0.1) is 12.7 Å². The summed E-state index contributed by atoms with van der Waals surface area (Å²) in [6.45, 7) is 3.82. The van der Waals surface area contributed by atoms with E-state index in [-0.39, 0.29) is 16.8 Å². The van der Waals surface area contributed by atoms with Gasteiger partial charge in [-0.05, 0) is 50.1 Å². The van der Waals surface area contributed by atoms with Gasteiger partial charge in [-0.25, -0.2) is 9.18 Å². The monoisotopic (exact) mass is 413 g/mol. The fraction of sp³-hybridized carbons (Fsp3) is 0.364. The van der Waals surface area contributed by atoms with Crippen molar-refractivity contribution < 1.29 is 14.0 Å². The number of halogens is 1. The van der Waals surface area contributed by atoms with Crippen LogP contribution in [0.25, 0.3) is 0 Å². The Labute approximate surface area is 174 Å². The molecule has 4 rings (SSSR count). The van der Waals surface area contributed by atoms with Crippen LogP contribution in [0.15, 0.2) is 48.5 Å². The van der Waals surface area contributed by atoms with E-state index in [0.29, 0.717) is 38.0 Å². The molecule has 0 bridgehead atoms. The highest BCUT2D eigenvalue weighted by Gasteiger charge is 2.47. The molecule has 1 spiro atoms. The molecule has 2 saturated heterocycles. The third-order valence-electron chi connectivity index (χ3n) is 5.63. The number of aryl methyl sites for hydroxylation is 1. The van der Waals surface area contributed by atoms with E-state index >= 15 is 0 Å². The van der Waals surface area contributed by atoms with Crippen molar-refractivity contribution in [2.75, 3.05) is 30.7 Å². The molecule has 0 saturated carbocycles. The van der Waals surface area contributed by atoms with Crippen molar-refractivity contribution in [3.63, 3.8) is 0 Å². The summed E-state index contributed by atoms with van der Waals surface area (Å²) in [4.78, 5) is 29.0. The Balaban J connectivity index is 1.41. The zero-order valence-electron chi connectivity index (χ0n) is 16.4. The van der Waals surface area contributed by atoms with Crippen molar-refractivity contribution in [1.82, 2.24) is 9.80 Å². The summed E-state index contributed by atoms with van der Waals surface area (Å²) < 4.78 is 13.6. The number of hydrogen-bond donors (Lipinski definition) is 1. The second-order valence-corrected chi connectivity index (χ2v) is 9.00. The van der Waals surface area contributed by atoms with Crippen molar-refractivity contribution in [1.29, 1.82) is 0 Å². The molecule has 2 aliphatic heterocycles. The highest BCUT2D eigenvalue weighted by molar-refractivity contribution is 8.00. The van der Waals surface area contributed by atoms with Crippen LogP contribution in [-0.2, 0) is 0 Å². The highest BCUT2D eigenvalue weighted by atomic mass is 32.2. The third-order valence-corrected chi connectivity index (χ3v) is 7.18. The molecule has 0 radical (unpaired) electrons. The fourth-order valence-electron chi connectivity index (χ4n) is 3.99. The normalized spacial score (nSPS) is 18.1. The number of urea groups is 1. The molecular weight excluding hydrogens is 389 g/mol. The molecule has 3 amide bonds. The van der Waals surface area contributed by atoms with E-state index in [1.54, 1.807) is 28.8 Å². The number of thioether (sulfide) groups is 1. The van der Waals surface area contributed by atoms with Gasteiger partial charge in [-0.1, -0.05) is 23.8 Å². The Kier molecular flexibility index (Phi) is 5.50. The molecule has 0 atom stereocenters. The fourth-order valence-corrected chi connectivity index (χ4v) is 5.44. The molecule has 2 heterocycles. The predicted octanol–water partition coefficient (Wildman–Crippen LogP) is 4.35. The second kappa shape index (κ2) is 8.06. The van der Waals surface area contributed by atoms with Crippen LogP contribution >= 0.6 is 11.8 Å². The summed E-state index contributed by atoms with van der Waals surface area (Å²) in [5, 5.41) is 2.94. The van der Waals surface area contributed by atoms with Gasteiger partial charge < -0.3 is 15.1 Å². The van der Waals surface area contributed by atoms with Crippen molar-refractivity contribution in [3.05, 3.63) is 65.5 Å². The molecule has 2 aromatic carbocycles. The molecule has 0 aromatic heterocycles. The van der Waals surface area contributed by atoms with Gasteiger partial charge in [0, 0.05) is 36.6 Å². The molecule has 7 heteroatoms. The molecule has 1 N–H and O–H groups in total. The maximum Gasteiger partial charge on any atom is 0.321 e. The van der Waals surface area contributed by atoms with Crippen LogP contribution in [0.5, 0.6) is 0 Å². The number of anilines is 1. The SMILES string of the molecule is Cc1ccc(NC(=O)N2CCC3(CC2)SCCN3C(=O)c2cccc(F)c2)cc1. The zero-order chi connectivity index (χ0) is 20.4. The van der Waals surface area contributed by atoms with E-state index in [1.807, 2.05) is 36.1 Å². The Hall–Kier alpha value is -2.54. The minimum absolute atomic E-state index is 0.116. The van der Waals surface area contributed by atoms with E-state index in [4.69, 9.17) is 0 Å². The Morgan fingerprint density at radius 1 is 1.07 bits per heavy atom. The average Bonchev–Trinajstić information content (AvgIpc) is 3.12. The maximum atomic E-state index is 13.6. The molecule has 2 fully saturated rings. The molecule has 29 heavy (non-hydrogen) atoms. The van der Waals surface area contributed by atoms with E-state index in [1.165, 1.54) is 12.1 Å². The number of benzene rings is 2. The summed E-state index contributed by atoms with van der Waals surface area (Å²) >= 11 is 1.77. The highest BCUT2D eigenvalue weighted by Crippen LogP contribution is 2.44. The summed E-state index contributed by atoms with van der Waals surface area (Å²) in [6, 6.07) is 13.5. The summed E-state index contributed by atoms with van der Waals surface area (Å²) in [5.41, 5.74) is 2.30. The molecule has 0 unspecified atom stereocenters. The minimum atomic E-state index is -0.403. The minimum Gasteiger partial charge on any atom is -0.324 e. The second-order valence-electron chi connectivity index (χ2n) is 7.55. The van der Waals surface area contributed by atoms with Gasteiger partial charge in [0.25, 0.3) is 5.91 Å². The Morgan fingerprint density at radius 3 is 2.48 bits per heavy atom. The van der Waals surface area contributed by atoms with Crippen LogP contribution in [0.1, 0.15) is 28.8 Å². The first-order chi connectivity index (χ1) is 14.0. The number of likely N-dealkylation sites (tertiary alicyclic amines) is 1. The van der Waals surface area contributed by atoms with Crippen molar-refractivity contribution in [3.8, 4) is 0 Å². The van der Waals surface area contributed by atoms with Crippen LogP contribution < -0.4 is 5.32 Å². The summed E-state index contributed by atoms with van der Waals surface area (Å²) in [6.07, 6.45) is 1.42. The van der Waals surface area contributed by atoms with Gasteiger partial charge in [0.05, 0.1) is 4.87 Å². The number of nitrogens with one attached hydrogen (secondary N) is 1. The predicted molar refractivity (Wildman–Crippen MR) is 114 cm³/mol. The maximum absolute atomic E-state index is 13.6. The van der Waals surface area contributed by atoms with Crippen LogP contribution in [0.4, 0.5) is 14.9 Å². The zero-order valence-corrected chi connectivity index (χ0v) is 17.2.